The predicted molar refractivity (Wildman–Crippen MR) is 66.5 cm³/mol. The van der Waals surface area contributed by atoms with Crippen LogP contribution in [-0.2, 0) is 0 Å². The minimum Gasteiger partial charge on any atom is -0.493 e. The van der Waals surface area contributed by atoms with E-state index in [-0.39, 0.29) is 5.41 Å². The third kappa shape index (κ3) is 3.13. The summed E-state index contributed by atoms with van der Waals surface area (Å²) in [6.07, 6.45) is 0.515. The average Bonchev–Trinajstić information content (AvgIpc) is 2.58. The molecule has 3 nitrogen and oxygen atoms in total. The highest BCUT2D eigenvalue weighted by molar-refractivity contribution is 5.44. The van der Waals surface area contributed by atoms with Crippen molar-refractivity contribution in [1.82, 2.24) is 0 Å². The Bertz CT molecular complexity index is 393. The number of hydrogen-bond donors (Lipinski definition) is 1. The number of aliphatic hydroxyl groups excluding tert-OH is 1. The van der Waals surface area contributed by atoms with Crippen LogP contribution < -0.4 is 9.47 Å². The van der Waals surface area contributed by atoms with Crippen LogP contribution >= 0.6 is 0 Å². The van der Waals surface area contributed by atoms with Gasteiger partial charge in [-0.2, -0.15) is 0 Å². The lowest BCUT2D eigenvalue weighted by molar-refractivity contribution is 0.140. The molecule has 2 rings (SSSR count). The van der Waals surface area contributed by atoms with Gasteiger partial charge in [-0.15, -0.1) is 0 Å². The van der Waals surface area contributed by atoms with Crippen molar-refractivity contribution in [3.8, 4) is 11.5 Å². The quantitative estimate of drug-likeness (QED) is 0.877. The molecule has 0 aromatic heterocycles. The van der Waals surface area contributed by atoms with E-state index in [0.717, 1.165) is 23.5 Å². The summed E-state index contributed by atoms with van der Waals surface area (Å²) in [6.45, 7) is 7.63. The van der Waals surface area contributed by atoms with E-state index in [9.17, 15) is 5.11 Å². The number of ether oxygens (including phenoxy) is 2. The standard InChI is InChI=1S/C14H20O3/c1-14(2,3)6-7-16-10-4-5-11-12(15)9-17-13(11)8-10/h4-5,8,12,15H,6-7,9H2,1-3H3. The third-order valence-electron chi connectivity index (χ3n) is 2.86. The van der Waals surface area contributed by atoms with E-state index < -0.39 is 6.10 Å². The molecule has 1 aromatic rings. The number of fused-ring (bicyclic) bond motifs is 1. The van der Waals surface area contributed by atoms with Gasteiger partial charge in [-0.25, -0.2) is 0 Å². The maximum atomic E-state index is 9.59. The lowest BCUT2D eigenvalue weighted by Gasteiger charge is -2.18. The van der Waals surface area contributed by atoms with Crippen LogP contribution in [0.4, 0.5) is 0 Å². The molecule has 0 spiro atoms. The number of aliphatic hydroxyl groups is 1. The van der Waals surface area contributed by atoms with E-state index in [1.54, 1.807) is 0 Å². The van der Waals surface area contributed by atoms with Crippen molar-refractivity contribution in [2.75, 3.05) is 13.2 Å². The Morgan fingerprint density at radius 2 is 2.18 bits per heavy atom. The fourth-order valence-corrected chi connectivity index (χ4v) is 1.74. The van der Waals surface area contributed by atoms with Gasteiger partial charge in [0.2, 0.25) is 0 Å². The van der Waals surface area contributed by atoms with Gasteiger partial charge >= 0.3 is 0 Å². The average molecular weight is 236 g/mol. The molecular weight excluding hydrogens is 216 g/mol. The molecular formula is C14H20O3. The molecule has 1 atom stereocenters. The number of benzene rings is 1. The van der Waals surface area contributed by atoms with Crippen LogP contribution in [0.1, 0.15) is 38.9 Å². The Morgan fingerprint density at radius 3 is 2.88 bits per heavy atom. The molecule has 3 heteroatoms. The molecule has 0 radical (unpaired) electrons. The van der Waals surface area contributed by atoms with Gasteiger partial charge < -0.3 is 14.6 Å². The van der Waals surface area contributed by atoms with Crippen LogP contribution in [0.15, 0.2) is 18.2 Å². The summed E-state index contributed by atoms with van der Waals surface area (Å²) in [6, 6.07) is 5.62. The van der Waals surface area contributed by atoms with Gasteiger partial charge in [-0.3, -0.25) is 0 Å². The van der Waals surface area contributed by atoms with E-state index in [1.165, 1.54) is 0 Å². The van der Waals surface area contributed by atoms with Crippen molar-refractivity contribution in [3.05, 3.63) is 23.8 Å². The molecule has 0 aliphatic carbocycles. The number of rotatable bonds is 3. The van der Waals surface area contributed by atoms with Crippen LogP contribution in [0.5, 0.6) is 11.5 Å². The molecule has 94 valence electrons. The molecule has 1 aliphatic rings. The summed E-state index contributed by atoms with van der Waals surface area (Å²) in [5.41, 5.74) is 1.14. The second-order valence-electron chi connectivity index (χ2n) is 5.69. The minimum atomic E-state index is -0.492. The summed E-state index contributed by atoms with van der Waals surface area (Å²) < 4.78 is 11.0. The van der Waals surface area contributed by atoms with Gasteiger partial charge in [0, 0.05) is 11.6 Å². The summed E-state index contributed by atoms with van der Waals surface area (Å²) in [5.74, 6) is 1.55. The van der Waals surface area contributed by atoms with Crippen LogP contribution in [0.25, 0.3) is 0 Å². The Kier molecular flexibility index (Phi) is 3.29. The zero-order chi connectivity index (χ0) is 12.5. The topological polar surface area (TPSA) is 38.7 Å². The first-order valence-electron chi connectivity index (χ1n) is 6.03. The first kappa shape index (κ1) is 12.2. The summed E-state index contributed by atoms with van der Waals surface area (Å²) in [7, 11) is 0. The van der Waals surface area contributed by atoms with Gasteiger partial charge in [0.05, 0.1) is 6.61 Å². The molecule has 1 N–H and O–H groups in total. The van der Waals surface area contributed by atoms with Crippen molar-refractivity contribution >= 4 is 0 Å². The predicted octanol–water partition coefficient (Wildman–Crippen LogP) is 2.93. The van der Waals surface area contributed by atoms with Gasteiger partial charge in [0.25, 0.3) is 0 Å². The number of hydrogen-bond acceptors (Lipinski definition) is 3. The fraction of sp³-hybridized carbons (Fsp3) is 0.571. The highest BCUT2D eigenvalue weighted by Gasteiger charge is 2.22. The van der Waals surface area contributed by atoms with E-state index >= 15 is 0 Å². The van der Waals surface area contributed by atoms with Crippen molar-refractivity contribution in [3.63, 3.8) is 0 Å². The molecule has 1 heterocycles. The normalized spacial score (nSPS) is 18.7. The third-order valence-corrected chi connectivity index (χ3v) is 2.86. The zero-order valence-corrected chi connectivity index (χ0v) is 10.7. The molecule has 0 amide bonds. The summed E-state index contributed by atoms with van der Waals surface area (Å²) >= 11 is 0. The molecule has 0 saturated heterocycles. The Balaban J connectivity index is 1.95. The maximum Gasteiger partial charge on any atom is 0.129 e. The molecule has 1 aliphatic heterocycles. The minimum absolute atomic E-state index is 0.281. The molecule has 17 heavy (non-hydrogen) atoms. The van der Waals surface area contributed by atoms with E-state index in [2.05, 4.69) is 20.8 Å². The van der Waals surface area contributed by atoms with E-state index in [4.69, 9.17) is 9.47 Å². The molecule has 0 saturated carbocycles. The SMILES string of the molecule is CC(C)(C)CCOc1ccc2c(c1)OCC2O. The zero-order valence-electron chi connectivity index (χ0n) is 10.7. The van der Waals surface area contributed by atoms with Crippen molar-refractivity contribution in [2.24, 2.45) is 5.41 Å². The monoisotopic (exact) mass is 236 g/mol. The second kappa shape index (κ2) is 4.57. The summed E-state index contributed by atoms with van der Waals surface area (Å²) in [5, 5.41) is 9.59. The van der Waals surface area contributed by atoms with Crippen LogP contribution in [0, 0.1) is 5.41 Å². The molecule has 0 bridgehead atoms. The Morgan fingerprint density at radius 1 is 1.41 bits per heavy atom. The first-order valence-corrected chi connectivity index (χ1v) is 6.03. The maximum absolute atomic E-state index is 9.59. The Hall–Kier alpha value is -1.22. The van der Waals surface area contributed by atoms with E-state index in [1.807, 2.05) is 18.2 Å². The molecule has 1 unspecified atom stereocenters. The second-order valence-corrected chi connectivity index (χ2v) is 5.69. The van der Waals surface area contributed by atoms with Crippen LogP contribution in [-0.4, -0.2) is 18.3 Å². The van der Waals surface area contributed by atoms with Crippen molar-refractivity contribution < 1.29 is 14.6 Å². The lowest BCUT2D eigenvalue weighted by atomic mass is 9.93. The Labute approximate surface area is 102 Å². The lowest BCUT2D eigenvalue weighted by Crippen LogP contribution is -2.11. The summed E-state index contributed by atoms with van der Waals surface area (Å²) in [4.78, 5) is 0. The van der Waals surface area contributed by atoms with Crippen molar-refractivity contribution in [1.29, 1.82) is 0 Å². The fourth-order valence-electron chi connectivity index (χ4n) is 1.74. The van der Waals surface area contributed by atoms with Gasteiger partial charge in [-0.1, -0.05) is 20.8 Å². The van der Waals surface area contributed by atoms with Gasteiger partial charge in [0.15, 0.2) is 0 Å². The van der Waals surface area contributed by atoms with Crippen LogP contribution in [0.2, 0.25) is 0 Å². The van der Waals surface area contributed by atoms with Gasteiger partial charge in [0.1, 0.15) is 24.2 Å². The highest BCUT2D eigenvalue weighted by atomic mass is 16.5. The largest absolute Gasteiger partial charge is 0.493 e. The molecule has 0 fully saturated rings. The molecule has 1 aromatic carbocycles. The van der Waals surface area contributed by atoms with Crippen molar-refractivity contribution in [2.45, 2.75) is 33.3 Å². The van der Waals surface area contributed by atoms with Crippen LogP contribution in [0.3, 0.4) is 0 Å². The first-order chi connectivity index (χ1) is 7.96. The van der Waals surface area contributed by atoms with E-state index in [0.29, 0.717) is 13.2 Å². The smallest absolute Gasteiger partial charge is 0.129 e. The van der Waals surface area contributed by atoms with Gasteiger partial charge in [-0.05, 0) is 24.0 Å². The highest BCUT2D eigenvalue weighted by Crippen LogP contribution is 2.35.